The van der Waals surface area contributed by atoms with E-state index in [0.717, 1.165) is 18.4 Å². The van der Waals surface area contributed by atoms with Crippen LogP contribution in [0.2, 0.25) is 0 Å². The maximum atomic E-state index is 13.7. The van der Waals surface area contributed by atoms with Gasteiger partial charge in [0.2, 0.25) is 0 Å². The van der Waals surface area contributed by atoms with Crippen molar-refractivity contribution in [1.82, 2.24) is 0 Å². The number of hydrogen-bond acceptors (Lipinski definition) is 2. The molecule has 1 atom stereocenters. The van der Waals surface area contributed by atoms with Crippen LogP contribution in [0.1, 0.15) is 33.1 Å². The molecule has 15 heavy (non-hydrogen) atoms. The first-order chi connectivity index (χ1) is 7.16. The van der Waals surface area contributed by atoms with Gasteiger partial charge in [-0.1, -0.05) is 6.92 Å². The van der Waals surface area contributed by atoms with Gasteiger partial charge in [0.05, 0.1) is 19.0 Å². The summed E-state index contributed by atoms with van der Waals surface area (Å²) in [4.78, 5) is 0. The second kappa shape index (κ2) is 4.62. The van der Waals surface area contributed by atoms with Crippen LogP contribution in [0.15, 0.2) is 11.4 Å². The summed E-state index contributed by atoms with van der Waals surface area (Å²) >= 11 is 0. The van der Waals surface area contributed by atoms with Gasteiger partial charge in [-0.3, -0.25) is 0 Å². The third kappa shape index (κ3) is 2.58. The van der Waals surface area contributed by atoms with Gasteiger partial charge in [-0.15, -0.1) is 0 Å². The molecule has 3 heteroatoms. The fraction of sp³-hybridized carbons (Fsp3) is 0.833. The lowest BCUT2D eigenvalue weighted by Crippen LogP contribution is -2.32. The highest BCUT2D eigenvalue weighted by Crippen LogP contribution is 2.35. The molecule has 2 rings (SSSR count). The van der Waals surface area contributed by atoms with E-state index >= 15 is 0 Å². The molecule has 86 valence electrons. The first-order valence-corrected chi connectivity index (χ1v) is 5.77. The molecule has 0 saturated carbocycles. The van der Waals surface area contributed by atoms with Crippen LogP contribution in [-0.2, 0) is 9.47 Å². The number of rotatable bonds is 1. The maximum Gasteiger partial charge on any atom is 0.154 e. The largest absolute Gasteiger partial charge is 0.352 e. The second-order valence-corrected chi connectivity index (χ2v) is 4.71. The summed E-state index contributed by atoms with van der Waals surface area (Å²) in [7, 11) is 0. The zero-order valence-corrected chi connectivity index (χ0v) is 9.46. The summed E-state index contributed by atoms with van der Waals surface area (Å²) in [6.45, 7) is 5.20. The van der Waals surface area contributed by atoms with Gasteiger partial charge in [-0.25, -0.2) is 4.39 Å². The van der Waals surface area contributed by atoms with E-state index in [1.54, 1.807) is 0 Å². The highest BCUT2D eigenvalue weighted by Gasteiger charge is 2.28. The van der Waals surface area contributed by atoms with E-state index in [1.165, 1.54) is 0 Å². The summed E-state index contributed by atoms with van der Waals surface area (Å²) in [5.74, 6) is 0.715. The van der Waals surface area contributed by atoms with Crippen LogP contribution in [0.3, 0.4) is 0 Å². The quantitative estimate of drug-likeness (QED) is 0.668. The Labute approximate surface area is 90.4 Å². The molecule has 0 aromatic heterocycles. The van der Waals surface area contributed by atoms with Gasteiger partial charge in [-0.2, -0.15) is 0 Å². The Balaban J connectivity index is 2.01. The molecule has 1 saturated heterocycles. The molecule has 0 spiro atoms. The van der Waals surface area contributed by atoms with Crippen LogP contribution < -0.4 is 0 Å². The summed E-state index contributed by atoms with van der Waals surface area (Å²) in [6.07, 6.45) is 2.43. The topological polar surface area (TPSA) is 18.5 Å². The van der Waals surface area contributed by atoms with Gasteiger partial charge in [0, 0.05) is 12.3 Å². The molecular formula is C12H19FO2. The third-order valence-corrected chi connectivity index (χ3v) is 3.34. The number of halogens is 1. The zero-order chi connectivity index (χ0) is 10.8. The molecule has 2 nitrogen and oxygen atoms in total. The predicted octanol–water partition coefficient (Wildman–Crippen LogP) is 3.04. The molecule has 1 fully saturated rings. The fourth-order valence-electron chi connectivity index (χ4n) is 2.30. The van der Waals surface area contributed by atoms with Gasteiger partial charge >= 0.3 is 0 Å². The fourth-order valence-corrected chi connectivity index (χ4v) is 2.30. The maximum absolute atomic E-state index is 13.7. The lowest BCUT2D eigenvalue weighted by molar-refractivity contribution is -0.184. The third-order valence-electron chi connectivity index (χ3n) is 3.34. The van der Waals surface area contributed by atoms with Gasteiger partial charge in [0.15, 0.2) is 6.29 Å². The van der Waals surface area contributed by atoms with E-state index in [9.17, 15) is 4.39 Å². The molecule has 0 bridgehead atoms. The smallest absolute Gasteiger partial charge is 0.154 e. The highest BCUT2D eigenvalue weighted by atomic mass is 19.1. The Hall–Kier alpha value is -0.410. The minimum absolute atomic E-state index is 0.0838. The number of allylic oxidation sites excluding steroid dienone is 1. The molecule has 0 N–H and O–H groups in total. The van der Waals surface area contributed by atoms with E-state index in [2.05, 4.69) is 6.92 Å². The molecule has 0 aromatic rings. The van der Waals surface area contributed by atoms with Crippen molar-refractivity contribution in [3.8, 4) is 0 Å². The van der Waals surface area contributed by atoms with Crippen LogP contribution in [0, 0.1) is 11.8 Å². The van der Waals surface area contributed by atoms with Crippen molar-refractivity contribution in [2.75, 3.05) is 13.2 Å². The van der Waals surface area contributed by atoms with Crippen molar-refractivity contribution in [2.45, 2.75) is 39.4 Å². The van der Waals surface area contributed by atoms with Gasteiger partial charge < -0.3 is 9.47 Å². The zero-order valence-electron chi connectivity index (χ0n) is 9.46. The van der Waals surface area contributed by atoms with E-state index in [0.29, 0.717) is 25.6 Å². The lowest BCUT2D eigenvalue weighted by atomic mass is 9.84. The van der Waals surface area contributed by atoms with Gasteiger partial charge in [0.1, 0.15) is 0 Å². The minimum Gasteiger partial charge on any atom is -0.352 e. The Bertz CT molecular complexity index is 254. The molecule has 0 amide bonds. The van der Waals surface area contributed by atoms with Crippen molar-refractivity contribution in [1.29, 1.82) is 0 Å². The van der Waals surface area contributed by atoms with Crippen LogP contribution in [0.25, 0.3) is 0 Å². The summed E-state index contributed by atoms with van der Waals surface area (Å²) < 4.78 is 24.5. The molecule has 1 unspecified atom stereocenters. The molecule has 1 aliphatic carbocycles. The van der Waals surface area contributed by atoms with Crippen molar-refractivity contribution in [3.05, 3.63) is 11.4 Å². The van der Waals surface area contributed by atoms with E-state index in [1.807, 2.05) is 6.92 Å². The second-order valence-electron chi connectivity index (χ2n) is 4.71. The van der Waals surface area contributed by atoms with E-state index < -0.39 is 0 Å². The first kappa shape index (κ1) is 11.1. The summed E-state index contributed by atoms with van der Waals surface area (Å²) in [5.41, 5.74) is 0.944. The van der Waals surface area contributed by atoms with Crippen LogP contribution in [-0.4, -0.2) is 19.5 Å². The molecule has 0 radical (unpaired) electrons. The lowest BCUT2D eigenvalue weighted by Gasteiger charge is -2.31. The molecule has 1 aliphatic heterocycles. The van der Waals surface area contributed by atoms with Crippen LogP contribution in [0.5, 0.6) is 0 Å². The van der Waals surface area contributed by atoms with E-state index in [4.69, 9.17) is 9.47 Å². The molecule has 1 heterocycles. The Morgan fingerprint density at radius 2 is 1.87 bits per heavy atom. The molecular weight excluding hydrogens is 195 g/mol. The predicted molar refractivity (Wildman–Crippen MR) is 56.0 cm³/mol. The average Bonchev–Trinajstić information content (AvgIpc) is 2.20. The Morgan fingerprint density at radius 3 is 2.47 bits per heavy atom. The van der Waals surface area contributed by atoms with Crippen LogP contribution in [0.4, 0.5) is 4.39 Å². The number of ether oxygens (including phenoxy) is 2. The standard InChI is InChI=1S/C12H19FO2/c1-8-3-4-11(12(13)5-8)10-6-14-9(2)15-7-10/h8-10H,3-7H2,1-2H3. The minimum atomic E-state index is -0.132. The monoisotopic (exact) mass is 214 g/mol. The Morgan fingerprint density at radius 1 is 1.20 bits per heavy atom. The summed E-state index contributed by atoms with van der Waals surface area (Å²) in [5, 5.41) is 0. The van der Waals surface area contributed by atoms with Crippen LogP contribution >= 0.6 is 0 Å². The summed E-state index contributed by atoms with van der Waals surface area (Å²) in [6, 6.07) is 0. The number of hydrogen-bond donors (Lipinski definition) is 0. The van der Waals surface area contributed by atoms with Gasteiger partial charge in [-0.05, 0) is 31.3 Å². The Kier molecular flexibility index (Phi) is 3.42. The van der Waals surface area contributed by atoms with Crippen molar-refractivity contribution >= 4 is 0 Å². The highest BCUT2D eigenvalue weighted by molar-refractivity contribution is 5.16. The van der Waals surface area contributed by atoms with Crippen molar-refractivity contribution in [2.24, 2.45) is 11.8 Å². The normalized spacial score (nSPS) is 38.2. The first-order valence-electron chi connectivity index (χ1n) is 5.77. The van der Waals surface area contributed by atoms with Gasteiger partial charge in [0.25, 0.3) is 0 Å². The average molecular weight is 214 g/mol. The molecule has 2 aliphatic rings. The SMILES string of the molecule is CC1CCC(C2COC(C)OC2)=C(F)C1. The van der Waals surface area contributed by atoms with Crippen molar-refractivity contribution < 1.29 is 13.9 Å². The van der Waals surface area contributed by atoms with E-state index in [-0.39, 0.29) is 18.0 Å². The molecule has 0 aromatic carbocycles. The van der Waals surface area contributed by atoms with Crippen molar-refractivity contribution in [3.63, 3.8) is 0 Å².